The van der Waals surface area contributed by atoms with E-state index in [9.17, 15) is 4.79 Å². The minimum Gasteiger partial charge on any atom is -0.494 e. The molecule has 0 saturated heterocycles. The summed E-state index contributed by atoms with van der Waals surface area (Å²) in [5.74, 6) is 0.645. The SMILES string of the molecule is CCOc1ccccc1CN(C)C(=O)c1ccc(N)cn1. The molecule has 2 rings (SSSR count). The van der Waals surface area contributed by atoms with Gasteiger partial charge in [0.25, 0.3) is 5.91 Å². The summed E-state index contributed by atoms with van der Waals surface area (Å²) < 4.78 is 5.57. The van der Waals surface area contributed by atoms with Crippen LogP contribution in [0.2, 0.25) is 0 Å². The van der Waals surface area contributed by atoms with Crippen molar-refractivity contribution in [2.75, 3.05) is 19.4 Å². The highest BCUT2D eigenvalue weighted by Gasteiger charge is 2.15. The van der Waals surface area contributed by atoms with Crippen LogP contribution in [-0.4, -0.2) is 29.4 Å². The van der Waals surface area contributed by atoms with E-state index in [4.69, 9.17) is 10.5 Å². The highest BCUT2D eigenvalue weighted by molar-refractivity contribution is 5.92. The molecule has 21 heavy (non-hydrogen) atoms. The van der Waals surface area contributed by atoms with Crippen LogP contribution in [0.15, 0.2) is 42.6 Å². The first-order chi connectivity index (χ1) is 10.1. The van der Waals surface area contributed by atoms with Crippen molar-refractivity contribution in [2.45, 2.75) is 13.5 Å². The summed E-state index contributed by atoms with van der Waals surface area (Å²) in [6.07, 6.45) is 1.48. The maximum absolute atomic E-state index is 12.3. The van der Waals surface area contributed by atoms with E-state index in [1.54, 1.807) is 24.1 Å². The van der Waals surface area contributed by atoms with Gasteiger partial charge in [-0.2, -0.15) is 0 Å². The molecule has 0 spiro atoms. The van der Waals surface area contributed by atoms with Gasteiger partial charge >= 0.3 is 0 Å². The third-order valence-electron chi connectivity index (χ3n) is 3.03. The minimum absolute atomic E-state index is 0.152. The molecule has 0 fully saturated rings. The fraction of sp³-hybridized carbons (Fsp3) is 0.250. The molecule has 0 saturated carbocycles. The summed E-state index contributed by atoms with van der Waals surface area (Å²) in [6.45, 7) is 2.99. The van der Waals surface area contributed by atoms with Crippen LogP contribution in [0.3, 0.4) is 0 Å². The van der Waals surface area contributed by atoms with Gasteiger partial charge in [0.05, 0.1) is 18.5 Å². The largest absolute Gasteiger partial charge is 0.494 e. The monoisotopic (exact) mass is 285 g/mol. The van der Waals surface area contributed by atoms with Gasteiger partial charge in [-0.05, 0) is 25.1 Å². The Morgan fingerprint density at radius 1 is 1.29 bits per heavy atom. The molecule has 0 aliphatic carbocycles. The van der Waals surface area contributed by atoms with E-state index in [2.05, 4.69) is 4.98 Å². The van der Waals surface area contributed by atoms with Gasteiger partial charge in [0.1, 0.15) is 11.4 Å². The molecule has 1 amide bonds. The Labute approximate surface area is 124 Å². The first kappa shape index (κ1) is 14.8. The first-order valence-electron chi connectivity index (χ1n) is 6.79. The Kier molecular flexibility index (Phi) is 4.77. The van der Waals surface area contributed by atoms with Crippen molar-refractivity contribution in [3.05, 3.63) is 53.9 Å². The van der Waals surface area contributed by atoms with E-state index in [1.807, 2.05) is 31.2 Å². The van der Waals surface area contributed by atoms with Gasteiger partial charge in [-0.1, -0.05) is 18.2 Å². The normalized spacial score (nSPS) is 10.2. The van der Waals surface area contributed by atoms with Gasteiger partial charge in [0.2, 0.25) is 0 Å². The number of hydrogen-bond donors (Lipinski definition) is 1. The Bertz CT molecular complexity index is 611. The van der Waals surface area contributed by atoms with Gasteiger partial charge in [-0.3, -0.25) is 4.79 Å². The number of para-hydroxylation sites is 1. The standard InChI is InChI=1S/C16H19N3O2/c1-3-21-15-7-5-4-6-12(15)11-19(2)16(20)14-9-8-13(17)10-18-14/h4-10H,3,11,17H2,1-2H3. The van der Waals surface area contributed by atoms with Gasteiger partial charge < -0.3 is 15.4 Å². The highest BCUT2D eigenvalue weighted by atomic mass is 16.5. The Morgan fingerprint density at radius 2 is 2.05 bits per heavy atom. The van der Waals surface area contributed by atoms with Crippen molar-refractivity contribution in [1.29, 1.82) is 0 Å². The Morgan fingerprint density at radius 3 is 2.71 bits per heavy atom. The molecule has 1 heterocycles. The predicted molar refractivity (Wildman–Crippen MR) is 82.1 cm³/mol. The second-order valence-electron chi connectivity index (χ2n) is 4.68. The second-order valence-corrected chi connectivity index (χ2v) is 4.68. The number of aromatic nitrogens is 1. The number of nitrogen functional groups attached to an aromatic ring is 1. The fourth-order valence-corrected chi connectivity index (χ4v) is 1.99. The van der Waals surface area contributed by atoms with Crippen LogP contribution in [0.1, 0.15) is 23.0 Å². The molecule has 2 N–H and O–H groups in total. The molecule has 110 valence electrons. The average molecular weight is 285 g/mol. The lowest BCUT2D eigenvalue weighted by Gasteiger charge is -2.19. The lowest BCUT2D eigenvalue weighted by molar-refractivity contribution is 0.0778. The summed E-state index contributed by atoms with van der Waals surface area (Å²) in [7, 11) is 1.74. The van der Waals surface area contributed by atoms with Crippen molar-refractivity contribution in [3.8, 4) is 5.75 Å². The van der Waals surface area contributed by atoms with E-state index < -0.39 is 0 Å². The number of pyridine rings is 1. The van der Waals surface area contributed by atoms with Crippen LogP contribution in [0.4, 0.5) is 5.69 Å². The number of carbonyl (C=O) groups is 1. The molecule has 5 nitrogen and oxygen atoms in total. The van der Waals surface area contributed by atoms with E-state index in [0.29, 0.717) is 24.5 Å². The Balaban J connectivity index is 2.12. The zero-order valence-corrected chi connectivity index (χ0v) is 12.2. The maximum atomic E-state index is 12.3. The Hall–Kier alpha value is -2.56. The number of nitrogens with zero attached hydrogens (tertiary/aromatic N) is 2. The molecule has 0 atom stereocenters. The van der Waals surface area contributed by atoms with Crippen molar-refractivity contribution in [3.63, 3.8) is 0 Å². The number of carbonyl (C=O) groups excluding carboxylic acids is 1. The summed E-state index contributed by atoms with van der Waals surface area (Å²) in [6, 6.07) is 11.0. The number of hydrogen-bond acceptors (Lipinski definition) is 4. The zero-order valence-electron chi connectivity index (χ0n) is 12.2. The summed E-state index contributed by atoms with van der Waals surface area (Å²) in [5.41, 5.74) is 7.45. The summed E-state index contributed by atoms with van der Waals surface area (Å²) >= 11 is 0. The minimum atomic E-state index is -0.152. The van der Waals surface area contributed by atoms with Gasteiger partial charge in [0.15, 0.2) is 0 Å². The van der Waals surface area contributed by atoms with Crippen molar-refractivity contribution >= 4 is 11.6 Å². The molecule has 0 radical (unpaired) electrons. The summed E-state index contributed by atoms with van der Waals surface area (Å²) in [4.78, 5) is 18.0. The number of rotatable bonds is 5. The van der Waals surface area contributed by atoms with E-state index in [0.717, 1.165) is 11.3 Å². The maximum Gasteiger partial charge on any atom is 0.272 e. The third kappa shape index (κ3) is 3.72. The fourth-order valence-electron chi connectivity index (χ4n) is 1.99. The van der Waals surface area contributed by atoms with Crippen LogP contribution in [0.25, 0.3) is 0 Å². The molecule has 0 aliphatic heterocycles. The average Bonchev–Trinajstić information content (AvgIpc) is 2.49. The number of benzene rings is 1. The van der Waals surface area contributed by atoms with Gasteiger partial charge in [-0.25, -0.2) is 4.98 Å². The predicted octanol–water partition coefficient (Wildman–Crippen LogP) is 2.33. The van der Waals surface area contributed by atoms with Crippen LogP contribution in [0.5, 0.6) is 5.75 Å². The van der Waals surface area contributed by atoms with Crippen molar-refractivity contribution < 1.29 is 9.53 Å². The second kappa shape index (κ2) is 6.74. The third-order valence-corrected chi connectivity index (χ3v) is 3.03. The van der Waals surface area contributed by atoms with Crippen LogP contribution < -0.4 is 10.5 Å². The molecular weight excluding hydrogens is 266 g/mol. The van der Waals surface area contributed by atoms with Gasteiger partial charge in [0, 0.05) is 19.2 Å². The van der Waals surface area contributed by atoms with E-state index >= 15 is 0 Å². The molecule has 2 aromatic rings. The lowest BCUT2D eigenvalue weighted by Crippen LogP contribution is -2.27. The number of ether oxygens (including phenoxy) is 1. The topological polar surface area (TPSA) is 68.5 Å². The zero-order chi connectivity index (χ0) is 15.2. The number of anilines is 1. The first-order valence-corrected chi connectivity index (χ1v) is 6.79. The molecular formula is C16H19N3O2. The van der Waals surface area contributed by atoms with Gasteiger partial charge in [-0.15, -0.1) is 0 Å². The smallest absolute Gasteiger partial charge is 0.272 e. The lowest BCUT2D eigenvalue weighted by atomic mass is 10.2. The van der Waals surface area contributed by atoms with Crippen LogP contribution in [-0.2, 0) is 6.54 Å². The molecule has 5 heteroatoms. The quantitative estimate of drug-likeness (QED) is 0.915. The molecule has 0 unspecified atom stereocenters. The molecule has 1 aromatic heterocycles. The van der Waals surface area contributed by atoms with Crippen LogP contribution >= 0.6 is 0 Å². The van der Waals surface area contributed by atoms with Crippen molar-refractivity contribution in [1.82, 2.24) is 9.88 Å². The van der Waals surface area contributed by atoms with Crippen molar-refractivity contribution in [2.24, 2.45) is 0 Å². The number of nitrogens with two attached hydrogens (primary N) is 1. The summed E-state index contributed by atoms with van der Waals surface area (Å²) in [5, 5.41) is 0. The molecule has 0 aliphatic rings. The highest BCUT2D eigenvalue weighted by Crippen LogP contribution is 2.20. The van der Waals surface area contributed by atoms with E-state index in [-0.39, 0.29) is 5.91 Å². The van der Waals surface area contributed by atoms with Crippen LogP contribution in [0, 0.1) is 0 Å². The molecule has 0 bridgehead atoms. The van der Waals surface area contributed by atoms with E-state index in [1.165, 1.54) is 6.20 Å². The molecule has 1 aromatic carbocycles. The number of amides is 1.